The minimum absolute atomic E-state index is 0.164. The highest BCUT2D eigenvalue weighted by atomic mass is 32.2. The molecule has 4 rings (SSSR count). The van der Waals surface area contributed by atoms with Crippen LogP contribution in [0.15, 0.2) is 48.5 Å². The summed E-state index contributed by atoms with van der Waals surface area (Å²) in [7, 11) is -3.59. The Labute approximate surface area is 158 Å². The third-order valence-corrected chi connectivity index (χ3v) is 6.38. The van der Waals surface area contributed by atoms with Crippen molar-refractivity contribution in [3.05, 3.63) is 65.2 Å². The Morgan fingerprint density at radius 2 is 1.85 bits per heavy atom. The highest BCUT2D eigenvalue weighted by Crippen LogP contribution is 2.22. The van der Waals surface area contributed by atoms with Crippen LogP contribution in [0.1, 0.15) is 16.7 Å². The van der Waals surface area contributed by atoms with E-state index < -0.39 is 10.2 Å². The maximum atomic E-state index is 12.7. The Morgan fingerprint density at radius 1 is 1.04 bits per heavy atom. The molecule has 0 saturated carbocycles. The SMILES string of the molecule is O=C1OCCN1c1cccc(CNS(=O)(=O)N2CCc3ccccc3C2)c1. The Balaban J connectivity index is 1.43. The molecule has 27 heavy (non-hydrogen) atoms. The van der Waals surface area contributed by atoms with Crippen molar-refractivity contribution in [2.45, 2.75) is 19.5 Å². The maximum absolute atomic E-state index is 12.7. The van der Waals surface area contributed by atoms with E-state index in [1.807, 2.05) is 42.5 Å². The van der Waals surface area contributed by atoms with Gasteiger partial charge in [0.05, 0.1) is 6.54 Å². The number of cyclic esters (lactones) is 1. The minimum Gasteiger partial charge on any atom is -0.447 e. The lowest BCUT2D eigenvalue weighted by molar-refractivity contribution is 0.181. The quantitative estimate of drug-likeness (QED) is 0.852. The Hall–Kier alpha value is -2.42. The van der Waals surface area contributed by atoms with Crippen molar-refractivity contribution < 1.29 is 17.9 Å². The lowest BCUT2D eigenvalue weighted by atomic mass is 10.0. The Kier molecular flexibility index (Phi) is 4.86. The zero-order chi connectivity index (χ0) is 18.9. The van der Waals surface area contributed by atoms with Gasteiger partial charge in [0.25, 0.3) is 10.2 Å². The number of fused-ring (bicyclic) bond motifs is 1. The van der Waals surface area contributed by atoms with Crippen LogP contribution < -0.4 is 9.62 Å². The zero-order valence-electron chi connectivity index (χ0n) is 14.8. The molecule has 0 aromatic heterocycles. The van der Waals surface area contributed by atoms with Crippen LogP contribution in [-0.2, 0) is 34.5 Å². The summed E-state index contributed by atoms with van der Waals surface area (Å²) in [5, 5.41) is 0. The molecule has 7 nitrogen and oxygen atoms in total. The van der Waals surface area contributed by atoms with Gasteiger partial charge in [-0.25, -0.2) is 4.79 Å². The highest BCUT2D eigenvalue weighted by molar-refractivity contribution is 7.87. The average Bonchev–Trinajstić information content (AvgIpc) is 3.12. The first kappa shape index (κ1) is 18.0. The number of ether oxygens (including phenoxy) is 1. The van der Waals surface area contributed by atoms with Gasteiger partial charge in [-0.3, -0.25) is 4.90 Å². The minimum atomic E-state index is -3.59. The van der Waals surface area contributed by atoms with Crippen molar-refractivity contribution in [1.29, 1.82) is 0 Å². The molecule has 0 aliphatic carbocycles. The molecule has 1 fully saturated rings. The molecule has 1 saturated heterocycles. The summed E-state index contributed by atoms with van der Waals surface area (Å²) >= 11 is 0. The van der Waals surface area contributed by atoms with Crippen LogP contribution in [0.4, 0.5) is 10.5 Å². The first-order chi connectivity index (χ1) is 13.0. The maximum Gasteiger partial charge on any atom is 0.414 e. The molecule has 142 valence electrons. The van der Waals surface area contributed by atoms with E-state index in [4.69, 9.17) is 4.74 Å². The number of rotatable bonds is 5. The largest absolute Gasteiger partial charge is 0.447 e. The first-order valence-corrected chi connectivity index (χ1v) is 10.3. The van der Waals surface area contributed by atoms with Gasteiger partial charge in [-0.05, 0) is 35.2 Å². The molecule has 2 aromatic carbocycles. The molecule has 2 aromatic rings. The average molecular weight is 387 g/mol. The standard InChI is InChI=1S/C19H21N3O4S/c23-19-22(10-11-26-19)18-7-3-4-15(12-18)13-20-27(24,25)21-9-8-16-5-1-2-6-17(16)14-21/h1-7,12,20H,8-11,13-14H2. The van der Waals surface area contributed by atoms with Crippen LogP contribution in [0.25, 0.3) is 0 Å². The number of hydrogen-bond acceptors (Lipinski definition) is 4. The molecule has 0 unspecified atom stereocenters. The van der Waals surface area contributed by atoms with Crippen LogP contribution in [0.3, 0.4) is 0 Å². The van der Waals surface area contributed by atoms with Gasteiger partial charge in [0.1, 0.15) is 6.61 Å². The molecular weight excluding hydrogens is 366 g/mol. The summed E-state index contributed by atoms with van der Waals surface area (Å²) in [5.41, 5.74) is 3.74. The van der Waals surface area contributed by atoms with E-state index in [-0.39, 0.29) is 12.6 Å². The second-order valence-corrected chi connectivity index (χ2v) is 8.37. The number of benzene rings is 2. The number of carbonyl (C=O) groups is 1. The van der Waals surface area contributed by atoms with E-state index >= 15 is 0 Å². The van der Waals surface area contributed by atoms with Crippen molar-refractivity contribution >= 4 is 22.0 Å². The molecule has 2 heterocycles. The molecule has 0 spiro atoms. The van der Waals surface area contributed by atoms with Gasteiger partial charge in [-0.1, -0.05) is 36.4 Å². The fraction of sp³-hybridized carbons (Fsp3) is 0.316. The van der Waals surface area contributed by atoms with E-state index in [1.54, 1.807) is 11.0 Å². The molecule has 2 aliphatic rings. The Bertz CT molecular complexity index is 961. The summed E-state index contributed by atoms with van der Waals surface area (Å²) in [6, 6.07) is 15.2. The van der Waals surface area contributed by atoms with Crippen LogP contribution in [0.5, 0.6) is 0 Å². The molecule has 0 bridgehead atoms. The fourth-order valence-electron chi connectivity index (χ4n) is 3.40. The summed E-state index contributed by atoms with van der Waals surface area (Å²) in [6.45, 7) is 1.88. The number of nitrogens with zero attached hydrogens (tertiary/aromatic N) is 2. The molecule has 8 heteroatoms. The second kappa shape index (κ2) is 7.30. The van der Waals surface area contributed by atoms with E-state index in [0.29, 0.717) is 38.3 Å². The summed E-state index contributed by atoms with van der Waals surface area (Å²) in [6.07, 6.45) is 0.337. The predicted molar refractivity (Wildman–Crippen MR) is 101 cm³/mol. The van der Waals surface area contributed by atoms with Gasteiger partial charge >= 0.3 is 6.09 Å². The molecule has 0 radical (unpaired) electrons. The molecule has 0 atom stereocenters. The van der Waals surface area contributed by atoms with Crippen molar-refractivity contribution in [2.75, 3.05) is 24.6 Å². The normalized spacial score (nSPS) is 17.6. The number of anilines is 1. The first-order valence-electron chi connectivity index (χ1n) is 8.88. The lowest BCUT2D eigenvalue weighted by Crippen LogP contribution is -2.43. The molecular formula is C19H21N3O4S. The van der Waals surface area contributed by atoms with Crippen LogP contribution in [0.2, 0.25) is 0 Å². The lowest BCUT2D eigenvalue weighted by Gasteiger charge is -2.28. The number of hydrogen-bond donors (Lipinski definition) is 1. The van der Waals surface area contributed by atoms with E-state index in [0.717, 1.165) is 11.1 Å². The summed E-state index contributed by atoms with van der Waals surface area (Å²) < 4.78 is 34.5. The van der Waals surface area contributed by atoms with Crippen LogP contribution in [0, 0.1) is 0 Å². The van der Waals surface area contributed by atoms with Gasteiger partial charge in [-0.2, -0.15) is 17.4 Å². The summed E-state index contributed by atoms with van der Waals surface area (Å²) in [4.78, 5) is 13.2. The van der Waals surface area contributed by atoms with Crippen molar-refractivity contribution in [2.24, 2.45) is 0 Å². The van der Waals surface area contributed by atoms with Crippen LogP contribution >= 0.6 is 0 Å². The smallest absolute Gasteiger partial charge is 0.414 e. The number of amides is 1. The molecule has 1 N–H and O–H groups in total. The topological polar surface area (TPSA) is 79.0 Å². The van der Waals surface area contributed by atoms with E-state index in [9.17, 15) is 13.2 Å². The van der Waals surface area contributed by atoms with Gasteiger partial charge in [0, 0.05) is 25.3 Å². The van der Waals surface area contributed by atoms with Crippen LogP contribution in [-0.4, -0.2) is 38.5 Å². The van der Waals surface area contributed by atoms with E-state index in [2.05, 4.69) is 4.72 Å². The number of carbonyl (C=O) groups excluding carboxylic acids is 1. The number of nitrogens with one attached hydrogen (secondary N) is 1. The monoisotopic (exact) mass is 387 g/mol. The van der Waals surface area contributed by atoms with Crippen molar-refractivity contribution in [3.8, 4) is 0 Å². The van der Waals surface area contributed by atoms with Gasteiger partial charge < -0.3 is 4.74 Å². The van der Waals surface area contributed by atoms with Crippen molar-refractivity contribution in [1.82, 2.24) is 9.03 Å². The molecule has 2 aliphatic heterocycles. The second-order valence-electron chi connectivity index (χ2n) is 6.61. The van der Waals surface area contributed by atoms with E-state index in [1.165, 1.54) is 9.87 Å². The zero-order valence-corrected chi connectivity index (χ0v) is 15.6. The highest BCUT2D eigenvalue weighted by Gasteiger charge is 2.27. The van der Waals surface area contributed by atoms with Gasteiger partial charge in [0.15, 0.2) is 0 Å². The third kappa shape index (κ3) is 3.83. The molecule has 1 amide bonds. The van der Waals surface area contributed by atoms with Crippen molar-refractivity contribution in [3.63, 3.8) is 0 Å². The van der Waals surface area contributed by atoms with Gasteiger partial charge in [-0.15, -0.1) is 0 Å². The summed E-state index contributed by atoms with van der Waals surface area (Å²) in [5.74, 6) is 0. The Morgan fingerprint density at radius 3 is 2.63 bits per heavy atom. The third-order valence-electron chi connectivity index (χ3n) is 4.88. The van der Waals surface area contributed by atoms with Gasteiger partial charge in [0.2, 0.25) is 0 Å². The predicted octanol–water partition coefficient (Wildman–Crippen LogP) is 2.04. The fourth-order valence-corrected chi connectivity index (χ4v) is 4.58.